The monoisotopic (exact) mass is 498 g/mol. The van der Waals surface area contributed by atoms with Gasteiger partial charge in [-0.15, -0.1) is 0 Å². The van der Waals surface area contributed by atoms with Crippen molar-refractivity contribution in [1.29, 1.82) is 0 Å². The number of carbonyl (C=O) groups excluding carboxylic acids is 2. The lowest BCUT2D eigenvalue weighted by molar-refractivity contribution is -0.134. The van der Waals surface area contributed by atoms with Crippen molar-refractivity contribution < 1.29 is 18.0 Å². The summed E-state index contributed by atoms with van der Waals surface area (Å²) in [6, 6.07) is 5.97. The first-order valence-corrected chi connectivity index (χ1v) is 13.5. The van der Waals surface area contributed by atoms with E-state index in [0.29, 0.717) is 62.9 Å². The van der Waals surface area contributed by atoms with Gasteiger partial charge < -0.3 is 9.80 Å². The Morgan fingerprint density at radius 3 is 2.29 bits per heavy atom. The van der Waals surface area contributed by atoms with Gasteiger partial charge in [0.2, 0.25) is 27.8 Å². The lowest BCUT2D eigenvalue weighted by atomic mass is 10.1. The van der Waals surface area contributed by atoms with Crippen LogP contribution in [0, 0.1) is 0 Å². The van der Waals surface area contributed by atoms with Crippen molar-refractivity contribution in [2.45, 2.75) is 43.5 Å². The summed E-state index contributed by atoms with van der Waals surface area (Å²) in [4.78, 5) is 40.2. The Morgan fingerprint density at radius 2 is 1.63 bits per heavy atom. The predicted octanol–water partition coefficient (Wildman–Crippen LogP) is 1.28. The second-order valence-electron chi connectivity index (χ2n) is 9.23. The van der Waals surface area contributed by atoms with Gasteiger partial charge >= 0.3 is 0 Å². The molecule has 0 spiro atoms. The SMILES string of the molecule is CC(=O)N1c2ccc(S(=O)(=O)N3CCCCC3)cc2CC1C(=O)N1CCN(c2ncccn2)CC1. The fraction of sp³-hybridized carbons (Fsp3) is 0.500. The molecule has 5 rings (SSSR count). The van der Waals surface area contributed by atoms with Crippen molar-refractivity contribution in [2.75, 3.05) is 49.1 Å². The Hall–Kier alpha value is -3.05. The van der Waals surface area contributed by atoms with Gasteiger partial charge in [0.1, 0.15) is 6.04 Å². The molecular formula is C24H30N6O4S. The van der Waals surface area contributed by atoms with Crippen LogP contribution in [0.5, 0.6) is 0 Å². The van der Waals surface area contributed by atoms with Crippen LogP contribution < -0.4 is 9.80 Å². The Kier molecular flexibility index (Phi) is 6.45. The molecule has 186 valence electrons. The van der Waals surface area contributed by atoms with Gasteiger partial charge in [-0.05, 0) is 42.7 Å². The zero-order valence-corrected chi connectivity index (χ0v) is 20.7. The van der Waals surface area contributed by atoms with E-state index in [2.05, 4.69) is 9.97 Å². The Bertz CT molecular complexity index is 1210. The first-order chi connectivity index (χ1) is 16.9. The van der Waals surface area contributed by atoms with Gasteiger partial charge in [-0.25, -0.2) is 18.4 Å². The van der Waals surface area contributed by atoms with Crippen LogP contribution in [0.15, 0.2) is 41.6 Å². The Morgan fingerprint density at radius 1 is 0.943 bits per heavy atom. The number of hydrogen-bond donors (Lipinski definition) is 0. The highest BCUT2D eigenvalue weighted by Gasteiger charge is 2.40. The Labute approximate surface area is 205 Å². The minimum absolute atomic E-state index is 0.120. The summed E-state index contributed by atoms with van der Waals surface area (Å²) in [6.07, 6.45) is 6.46. The normalized spacial score (nSPS) is 21.2. The van der Waals surface area contributed by atoms with Crippen LogP contribution in [0.4, 0.5) is 11.6 Å². The van der Waals surface area contributed by atoms with Crippen LogP contribution >= 0.6 is 0 Å². The van der Waals surface area contributed by atoms with Crippen LogP contribution in [0.2, 0.25) is 0 Å². The van der Waals surface area contributed by atoms with E-state index in [4.69, 9.17) is 0 Å². The molecule has 2 aromatic rings. The van der Waals surface area contributed by atoms with E-state index < -0.39 is 16.1 Å². The number of hydrogen-bond acceptors (Lipinski definition) is 7. The lowest BCUT2D eigenvalue weighted by Gasteiger charge is -2.37. The number of carbonyl (C=O) groups is 2. The minimum atomic E-state index is -3.59. The van der Waals surface area contributed by atoms with E-state index in [-0.39, 0.29) is 16.7 Å². The van der Waals surface area contributed by atoms with Gasteiger partial charge in [0.15, 0.2) is 0 Å². The van der Waals surface area contributed by atoms with Crippen molar-refractivity contribution in [3.63, 3.8) is 0 Å². The van der Waals surface area contributed by atoms with Crippen LogP contribution in [0.3, 0.4) is 0 Å². The number of anilines is 2. The number of aromatic nitrogens is 2. The summed E-state index contributed by atoms with van der Waals surface area (Å²) in [5.41, 5.74) is 1.33. The molecule has 2 amide bonds. The highest BCUT2D eigenvalue weighted by molar-refractivity contribution is 7.89. The van der Waals surface area contributed by atoms with E-state index in [1.54, 1.807) is 41.6 Å². The smallest absolute Gasteiger partial charge is 0.246 e. The third kappa shape index (κ3) is 4.50. The minimum Gasteiger partial charge on any atom is -0.337 e. The Balaban J connectivity index is 1.33. The van der Waals surface area contributed by atoms with Crippen molar-refractivity contribution in [2.24, 2.45) is 0 Å². The third-order valence-corrected chi connectivity index (χ3v) is 8.93. The summed E-state index contributed by atoms with van der Waals surface area (Å²) in [6.45, 7) is 4.72. The van der Waals surface area contributed by atoms with Gasteiger partial charge in [-0.3, -0.25) is 14.5 Å². The van der Waals surface area contributed by atoms with E-state index in [1.807, 2.05) is 4.90 Å². The number of fused-ring (bicyclic) bond motifs is 1. The van der Waals surface area contributed by atoms with Crippen LogP contribution in [-0.2, 0) is 26.0 Å². The second kappa shape index (κ2) is 9.54. The predicted molar refractivity (Wildman–Crippen MR) is 131 cm³/mol. The van der Waals surface area contributed by atoms with E-state index in [1.165, 1.54) is 16.1 Å². The number of amides is 2. The van der Waals surface area contributed by atoms with Crippen molar-refractivity contribution in [3.8, 4) is 0 Å². The quantitative estimate of drug-likeness (QED) is 0.625. The van der Waals surface area contributed by atoms with E-state index in [9.17, 15) is 18.0 Å². The maximum Gasteiger partial charge on any atom is 0.246 e. The molecule has 3 aliphatic rings. The summed E-state index contributed by atoms with van der Waals surface area (Å²) in [5.74, 6) is 0.288. The number of nitrogens with zero attached hydrogens (tertiary/aromatic N) is 6. The maximum atomic E-state index is 13.5. The van der Waals surface area contributed by atoms with Crippen LogP contribution in [0.1, 0.15) is 31.7 Å². The molecule has 0 aliphatic carbocycles. The average molecular weight is 499 g/mol. The number of piperidine rings is 1. The largest absolute Gasteiger partial charge is 0.337 e. The van der Waals surface area contributed by atoms with Gasteiger partial charge in [0.25, 0.3) is 0 Å². The lowest BCUT2D eigenvalue weighted by Crippen LogP contribution is -2.55. The maximum absolute atomic E-state index is 13.5. The zero-order chi connectivity index (χ0) is 24.6. The molecule has 1 aromatic heterocycles. The molecule has 1 atom stereocenters. The summed E-state index contributed by atoms with van der Waals surface area (Å²) < 4.78 is 27.9. The first kappa shape index (κ1) is 23.7. The highest BCUT2D eigenvalue weighted by Crippen LogP contribution is 2.36. The average Bonchev–Trinajstić information content (AvgIpc) is 3.28. The fourth-order valence-corrected chi connectivity index (χ4v) is 6.79. The third-order valence-electron chi connectivity index (χ3n) is 7.04. The number of rotatable bonds is 4. The molecule has 11 heteroatoms. The second-order valence-corrected chi connectivity index (χ2v) is 11.2. The molecule has 0 N–H and O–H groups in total. The molecule has 1 unspecified atom stereocenters. The molecule has 0 bridgehead atoms. The molecular weight excluding hydrogens is 468 g/mol. The number of piperazine rings is 1. The molecule has 2 fully saturated rings. The summed E-state index contributed by atoms with van der Waals surface area (Å²) >= 11 is 0. The van der Waals surface area contributed by atoms with Gasteiger partial charge in [0.05, 0.1) is 4.90 Å². The van der Waals surface area contributed by atoms with Crippen molar-refractivity contribution in [1.82, 2.24) is 19.2 Å². The number of benzene rings is 1. The van der Waals surface area contributed by atoms with E-state index >= 15 is 0 Å². The molecule has 35 heavy (non-hydrogen) atoms. The summed E-state index contributed by atoms with van der Waals surface area (Å²) in [7, 11) is -3.59. The fourth-order valence-electron chi connectivity index (χ4n) is 5.22. The van der Waals surface area contributed by atoms with Crippen LogP contribution in [-0.4, -0.2) is 84.7 Å². The van der Waals surface area contributed by atoms with Crippen LogP contribution in [0.25, 0.3) is 0 Å². The molecule has 4 heterocycles. The highest BCUT2D eigenvalue weighted by atomic mass is 32.2. The van der Waals surface area contributed by atoms with Gasteiger partial charge in [-0.2, -0.15) is 4.31 Å². The molecule has 10 nitrogen and oxygen atoms in total. The topological polar surface area (TPSA) is 107 Å². The molecule has 1 aromatic carbocycles. The van der Waals surface area contributed by atoms with Gasteiger partial charge in [-0.1, -0.05) is 6.42 Å². The number of sulfonamides is 1. The zero-order valence-electron chi connectivity index (χ0n) is 19.8. The summed E-state index contributed by atoms with van der Waals surface area (Å²) in [5, 5.41) is 0. The molecule has 3 aliphatic heterocycles. The van der Waals surface area contributed by atoms with Gasteiger partial charge in [0, 0.05) is 70.7 Å². The van der Waals surface area contributed by atoms with Crippen molar-refractivity contribution in [3.05, 3.63) is 42.2 Å². The molecule has 2 saturated heterocycles. The molecule has 0 saturated carbocycles. The van der Waals surface area contributed by atoms with Crippen molar-refractivity contribution >= 4 is 33.5 Å². The first-order valence-electron chi connectivity index (χ1n) is 12.1. The standard InChI is InChI=1S/C24H30N6O4S/c1-18(31)30-21-7-6-20(35(33,34)29-10-3-2-4-11-29)16-19(21)17-22(30)23(32)27-12-14-28(15-13-27)24-25-8-5-9-26-24/h5-9,16,22H,2-4,10-15,17H2,1H3. The van der Waals surface area contributed by atoms with E-state index in [0.717, 1.165) is 19.3 Å². The molecule has 0 radical (unpaired) electrons.